The second kappa shape index (κ2) is 2.20. The van der Waals surface area contributed by atoms with E-state index in [1.54, 1.807) is 4.90 Å². The normalized spacial score (nSPS) is 43.7. The summed E-state index contributed by atoms with van der Waals surface area (Å²) >= 11 is 0. The zero-order valence-electron chi connectivity index (χ0n) is 6.30. The fraction of sp³-hybridized carbons (Fsp3) is 0.714. The van der Waals surface area contributed by atoms with E-state index >= 15 is 0 Å². The summed E-state index contributed by atoms with van der Waals surface area (Å²) in [5.41, 5.74) is 0. The number of rotatable bonds is 2. The van der Waals surface area contributed by atoms with Crippen molar-refractivity contribution in [2.45, 2.75) is 18.5 Å². The third-order valence-electron chi connectivity index (χ3n) is 2.59. The van der Waals surface area contributed by atoms with E-state index in [1.165, 1.54) is 0 Å². The van der Waals surface area contributed by atoms with Gasteiger partial charge in [0.05, 0.1) is 5.92 Å². The number of carboxylic acid groups (broad SMARTS) is 2. The zero-order valence-corrected chi connectivity index (χ0v) is 6.30. The third-order valence-corrected chi connectivity index (χ3v) is 2.59. The molecule has 2 heterocycles. The molecule has 2 aliphatic heterocycles. The Bertz CT molecular complexity index is 252. The highest BCUT2D eigenvalue weighted by molar-refractivity contribution is 5.84. The molecule has 2 saturated heterocycles. The molecule has 0 saturated carbocycles. The van der Waals surface area contributed by atoms with Gasteiger partial charge in [-0.2, -0.15) is 0 Å². The van der Waals surface area contributed by atoms with Gasteiger partial charge in [0.15, 0.2) is 0 Å². The van der Waals surface area contributed by atoms with Crippen molar-refractivity contribution in [2.24, 2.45) is 5.92 Å². The molecule has 0 aromatic rings. The molecule has 0 aromatic heterocycles. The molecule has 4 atom stereocenters. The van der Waals surface area contributed by atoms with Crippen LogP contribution in [0.5, 0.6) is 0 Å². The van der Waals surface area contributed by atoms with Crippen molar-refractivity contribution in [1.29, 1.82) is 0 Å². The molecule has 0 bridgehead atoms. The number of carboxylic acids is 2. The van der Waals surface area contributed by atoms with Crippen LogP contribution in [0.25, 0.3) is 0 Å². The topological polar surface area (TPSA) is 77.6 Å². The van der Waals surface area contributed by atoms with Gasteiger partial charge in [-0.15, -0.1) is 0 Å². The van der Waals surface area contributed by atoms with Crippen LogP contribution in [0.3, 0.4) is 0 Å². The summed E-state index contributed by atoms with van der Waals surface area (Å²) in [6, 6.07) is -0.570. The van der Waals surface area contributed by atoms with Crippen molar-refractivity contribution < 1.29 is 19.8 Å². The van der Waals surface area contributed by atoms with Crippen LogP contribution < -0.4 is 0 Å². The Morgan fingerprint density at radius 3 is 2.33 bits per heavy atom. The third kappa shape index (κ3) is 0.896. The standard InChI is InChI=1S/C7H9NO4/c9-6(10)4-1-3-2-8(3)5(4)7(11)12/h3-5H,1-2H2,(H,9,10)(H,11,12)/t3-,4?,5-,8?/m0/s1. The van der Waals surface area contributed by atoms with Gasteiger partial charge in [-0.1, -0.05) is 0 Å². The van der Waals surface area contributed by atoms with Gasteiger partial charge in [-0.3, -0.25) is 14.5 Å². The van der Waals surface area contributed by atoms with E-state index in [9.17, 15) is 9.59 Å². The minimum atomic E-state index is -1.01. The zero-order chi connectivity index (χ0) is 8.88. The van der Waals surface area contributed by atoms with Crippen molar-refractivity contribution in [2.75, 3.05) is 6.54 Å². The van der Waals surface area contributed by atoms with E-state index in [0.717, 1.165) is 6.54 Å². The molecule has 0 radical (unpaired) electrons. The number of piperidine rings is 1. The molecule has 0 spiro atoms. The van der Waals surface area contributed by atoms with E-state index in [0.29, 0.717) is 6.42 Å². The van der Waals surface area contributed by atoms with Crippen molar-refractivity contribution in [3.05, 3.63) is 0 Å². The number of aliphatic carboxylic acids is 2. The van der Waals surface area contributed by atoms with Crippen molar-refractivity contribution in [1.82, 2.24) is 4.90 Å². The summed E-state index contributed by atoms with van der Waals surface area (Å²) in [6.07, 6.45) is 0.492. The summed E-state index contributed by atoms with van der Waals surface area (Å²) in [4.78, 5) is 23.0. The number of nitrogens with zero attached hydrogens (tertiary/aromatic N) is 1. The Kier molecular flexibility index (Phi) is 1.38. The van der Waals surface area contributed by atoms with Gasteiger partial charge in [0.1, 0.15) is 6.04 Å². The molecule has 0 aliphatic carbocycles. The highest BCUT2D eigenvalue weighted by Crippen LogP contribution is 2.40. The molecule has 5 heteroatoms. The van der Waals surface area contributed by atoms with Crippen LogP contribution >= 0.6 is 0 Å². The predicted molar refractivity (Wildman–Crippen MR) is 37.7 cm³/mol. The maximum absolute atomic E-state index is 10.6. The molecule has 66 valence electrons. The van der Waals surface area contributed by atoms with Gasteiger partial charge in [0.25, 0.3) is 0 Å². The van der Waals surface area contributed by atoms with Gasteiger partial charge in [0.2, 0.25) is 0 Å². The Hall–Kier alpha value is -1.10. The second-order valence-corrected chi connectivity index (χ2v) is 3.31. The van der Waals surface area contributed by atoms with E-state index < -0.39 is 23.9 Å². The molecule has 2 aliphatic rings. The first-order valence-electron chi connectivity index (χ1n) is 3.82. The van der Waals surface area contributed by atoms with Crippen molar-refractivity contribution in [3.8, 4) is 0 Å². The molecule has 5 nitrogen and oxygen atoms in total. The molecule has 2 unspecified atom stereocenters. The fourth-order valence-electron chi connectivity index (χ4n) is 1.95. The minimum Gasteiger partial charge on any atom is -0.481 e. The molecule has 0 aromatic carbocycles. The SMILES string of the molecule is O=C(O)C1C[C@H]2CN2[C@@H]1C(=O)O. The second-order valence-electron chi connectivity index (χ2n) is 3.31. The first kappa shape index (κ1) is 7.54. The predicted octanol–water partition coefficient (Wildman–Crippen LogP) is -0.772. The summed E-state index contributed by atoms with van der Waals surface area (Å²) in [5.74, 6) is -2.71. The maximum atomic E-state index is 10.6. The Morgan fingerprint density at radius 2 is 1.92 bits per heavy atom. The first-order valence-corrected chi connectivity index (χ1v) is 3.82. The van der Waals surface area contributed by atoms with E-state index in [4.69, 9.17) is 10.2 Å². The van der Waals surface area contributed by atoms with Gasteiger partial charge in [-0.05, 0) is 6.42 Å². The number of hydrogen-bond acceptors (Lipinski definition) is 3. The number of hydrogen-bond donors (Lipinski definition) is 2. The summed E-state index contributed by atoms with van der Waals surface area (Å²) in [6.45, 7) is 0.751. The quantitative estimate of drug-likeness (QED) is 0.533. The number of fused-ring (bicyclic) bond motifs is 1. The first-order chi connectivity index (χ1) is 5.61. The number of carbonyl (C=O) groups is 2. The van der Waals surface area contributed by atoms with Gasteiger partial charge < -0.3 is 10.2 Å². The van der Waals surface area contributed by atoms with Gasteiger partial charge in [0, 0.05) is 12.6 Å². The van der Waals surface area contributed by atoms with Gasteiger partial charge >= 0.3 is 11.9 Å². The lowest BCUT2D eigenvalue weighted by molar-refractivity contribution is -0.151. The van der Waals surface area contributed by atoms with Crippen LogP contribution in [0.15, 0.2) is 0 Å². The molecule has 12 heavy (non-hydrogen) atoms. The average molecular weight is 171 g/mol. The fourth-order valence-corrected chi connectivity index (χ4v) is 1.95. The maximum Gasteiger partial charge on any atom is 0.321 e. The molecule has 2 N–H and O–H groups in total. The van der Waals surface area contributed by atoms with Gasteiger partial charge in [-0.25, -0.2) is 0 Å². The van der Waals surface area contributed by atoms with Crippen LogP contribution in [-0.2, 0) is 9.59 Å². The van der Waals surface area contributed by atoms with Crippen LogP contribution in [0, 0.1) is 5.92 Å². The summed E-state index contributed by atoms with van der Waals surface area (Å²) in [7, 11) is 0. The largest absolute Gasteiger partial charge is 0.481 e. The van der Waals surface area contributed by atoms with Crippen molar-refractivity contribution in [3.63, 3.8) is 0 Å². The Labute approximate surface area is 68.6 Å². The van der Waals surface area contributed by atoms with Crippen LogP contribution in [0.1, 0.15) is 6.42 Å². The van der Waals surface area contributed by atoms with E-state index in [2.05, 4.69) is 0 Å². The molecule has 0 amide bonds. The van der Waals surface area contributed by atoms with Crippen LogP contribution in [0.2, 0.25) is 0 Å². The lowest BCUT2D eigenvalue weighted by Gasteiger charge is -2.13. The molecule has 2 fully saturated rings. The summed E-state index contributed by atoms with van der Waals surface area (Å²) in [5, 5.41) is 17.4. The molecular formula is C7H9NO4. The van der Waals surface area contributed by atoms with E-state index in [1.807, 2.05) is 0 Å². The smallest absolute Gasteiger partial charge is 0.321 e. The van der Waals surface area contributed by atoms with E-state index in [-0.39, 0.29) is 6.04 Å². The monoisotopic (exact) mass is 171 g/mol. The highest BCUT2D eigenvalue weighted by Gasteiger charge is 2.56. The minimum absolute atomic E-state index is 0.215. The Balaban J connectivity index is 2.16. The molecule has 2 rings (SSSR count). The average Bonchev–Trinajstić information content (AvgIpc) is 2.60. The Morgan fingerprint density at radius 1 is 1.25 bits per heavy atom. The highest BCUT2D eigenvalue weighted by atomic mass is 16.4. The lowest BCUT2D eigenvalue weighted by atomic mass is 9.98. The molecular weight excluding hydrogens is 162 g/mol. The van der Waals surface area contributed by atoms with Crippen LogP contribution in [-0.4, -0.2) is 45.7 Å². The van der Waals surface area contributed by atoms with Crippen molar-refractivity contribution >= 4 is 11.9 Å². The lowest BCUT2D eigenvalue weighted by Crippen LogP contribution is -2.36. The van der Waals surface area contributed by atoms with Crippen LogP contribution in [0.4, 0.5) is 0 Å². The summed E-state index contributed by atoms with van der Waals surface area (Å²) < 4.78 is 0.